The highest BCUT2D eigenvalue weighted by molar-refractivity contribution is 8.03. The molecular formula is C19H23N5O4S2. The predicted octanol–water partition coefficient (Wildman–Crippen LogP) is 3.13. The maximum Gasteiger partial charge on any atom is 0.269 e. The van der Waals surface area contributed by atoms with Gasteiger partial charge in [0.15, 0.2) is 0 Å². The third-order valence-corrected chi connectivity index (χ3v) is 6.27. The summed E-state index contributed by atoms with van der Waals surface area (Å²) in [4.78, 5) is 12.5. The van der Waals surface area contributed by atoms with Gasteiger partial charge >= 0.3 is 0 Å². The molecule has 2 rings (SSSR count). The lowest BCUT2D eigenvalue weighted by molar-refractivity contribution is -0.112. The van der Waals surface area contributed by atoms with Crippen LogP contribution in [-0.4, -0.2) is 31.8 Å². The van der Waals surface area contributed by atoms with Gasteiger partial charge in [-0.3, -0.25) is 4.79 Å². The van der Waals surface area contributed by atoms with E-state index in [0.717, 1.165) is 0 Å². The van der Waals surface area contributed by atoms with Gasteiger partial charge in [0.25, 0.3) is 15.9 Å². The second kappa shape index (κ2) is 10.2. The summed E-state index contributed by atoms with van der Waals surface area (Å²) in [5.74, 6) is 0.179. The van der Waals surface area contributed by atoms with Crippen LogP contribution in [0.25, 0.3) is 0 Å². The average molecular weight is 450 g/mol. The first-order chi connectivity index (χ1) is 14.2. The van der Waals surface area contributed by atoms with Crippen LogP contribution in [0, 0.1) is 25.2 Å². The highest BCUT2D eigenvalue weighted by Gasteiger charge is 2.20. The number of aromatic nitrogens is 1. The van der Waals surface area contributed by atoms with Crippen molar-refractivity contribution < 1.29 is 17.7 Å². The van der Waals surface area contributed by atoms with E-state index in [1.165, 1.54) is 36.0 Å². The van der Waals surface area contributed by atoms with Gasteiger partial charge < -0.3 is 15.2 Å². The highest BCUT2D eigenvalue weighted by atomic mass is 32.2. The van der Waals surface area contributed by atoms with Gasteiger partial charge in [0.05, 0.1) is 15.6 Å². The average Bonchev–Trinajstić information content (AvgIpc) is 3.01. The van der Waals surface area contributed by atoms with Gasteiger partial charge in [-0.2, -0.15) is 5.26 Å². The zero-order valence-corrected chi connectivity index (χ0v) is 18.7. The Labute approximate surface area is 180 Å². The molecule has 1 aromatic carbocycles. The lowest BCUT2D eigenvalue weighted by Gasteiger charge is -2.11. The maximum atomic E-state index is 12.5. The first-order valence-corrected chi connectivity index (χ1v) is 11.6. The molecule has 0 atom stereocenters. The Morgan fingerprint density at radius 2 is 1.90 bits per heavy atom. The molecule has 1 aromatic heterocycles. The lowest BCUT2D eigenvalue weighted by Crippen LogP contribution is -2.20. The van der Waals surface area contributed by atoms with Crippen molar-refractivity contribution in [3.63, 3.8) is 0 Å². The normalized spacial score (nSPS) is 12.0. The molecule has 160 valence electrons. The fourth-order valence-corrected chi connectivity index (χ4v) is 4.19. The summed E-state index contributed by atoms with van der Waals surface area (Å²) >= 11 is 1.37. The number of benzene rings is 1. The number of thioether (sulfide) groups is 1. The molecule has 30 heavy (non-hydrogen) atoms. The van der Waals surface area contributed by atoms with E-state index >= 15 is 0 Å². The van der Waals surface area contributed by atoms with E-state index < -0.39 is 15.9 Å². The molecule has 0 saturated carbocycles. The number of anilines is 2. The first-order valence-electron chi connectivity index (χ1n) is 9.11. The third kappa shape index (κ3) is 5.55. The Morgan fingerprint density at radius 1 is 1.23 bits per heavy atom. The number of nitrogens with one attached hydrogen (secondary N) is 3. The van der Waals surface area contributed by atoms with Crippen LogP contribution >= 0.6 is 11.8 Å². The monoisotopic (exact) mass is 449 g/mol. The van der Waals surface area contributed by atoms with Crippen molar-refractivity contribution >= 4 is 39.3 Å². The fourth-order valence-electron chi connectivity index (χ4n) is 2.32. The van der Waals surface area contributed by atoms with E-state index in [1.54, 1.807) is 13.8 Å². The molecule has 0 aliphatic rings. The van der Waals surface area contributed by atoms with Crippen molar-refractivity contribution in [2.24, 2.45) is 0 Å². The van der Waals surface area contributed by atoms with E-state index in [1.807, 2.05) is 19.9 Å². The van der Waals surface area contributed by atoms with Crippen LogP contribution in [0.5, 0.6) is 0 Å². The number of rotatable bonds is 9. The molecule has 0 fully saturated rings. The molecular weight excluding hydrogens is 426 g/mol. The second-order valence-electron chi connectivity index (χ2n) is 6.09. The number of aryl methyl sites for hydroxylation is 1. The quantitative estimate of drug-likeness (QED) is 0.392. The summed E-state index contributed by atoms with van der Waals surface area (Å²) in [5, 5.41) is 19.2. The Bertz CT molecular complexity index is 1080. The van der Waals surface area contributed by atoms with E-state index in [-0.39, 0.29) is 16.4 Å². The summed E-state index contributed by atoms with van der Waals surface area (Å²) in [6.45, 7) is 7.77. The van der Waals surface area contributed by atoms with Crippen molar-refractivity contribution in [2.45, 2.75) is 32.6 Å². The van der Waals surface area contributed by atoms with Gasteiger partial charge in [0.2, 0.25) is 5.88 Å². The van der Waals surface area contributed by atoms with Gasteiger partial charge in [-0.05, 0) is 50.8 Å². The Morgan fingerprint density at radius 3 is 2.40 bits per heavy atom. The number of hydrogen-bond donors (Lipinski definition) is 3. The topological polar surface area (TPSA) is 137 Å². The molecule has 9 nitrogen and oxygen atoms in total. The second-order valence-corrected chi connectivity index (χ2v) is 9.04. The van der Waals surface area contributed by atoms with E-state index in [0.29, 0.717) is 34.3 Å². The Kier molecular flexibility index (Phi) is 7.91. The van der Waals surface area contributed by atoms with Gasteiger partial charge in [-0.1, -0.05) is 12.1 Å². The van der Waals surface area contributed by atoms with E-state index in [4.69, 9.17) is 4.52 Å². The van der Waals surface area contributed by atoms with Gasteiger partial charge in [-0.15, -0.1) is 11.8 Å². The fraction of sp³-hybridized carbons (Fsp3) is 0.316. The van der Waals surface area contributed by atoms with Gasteiger partial charge in [0, 0.05) is 17.8 Å². The van der Waals surface area contributed by atoms with Crippen molar-refractivity contribution in [2.75, 3.05) is 22.3 Å². The van der Waals surface area contributed by atoms with Gasteiger partial charge in [0.1, 0.15) is 11.6 Å². The molecule has 2 aromatic rings. The Balaban J connectivity index is 2.19. The van der Waals surface area contributed by atoms with E-state index in [9.17, 15) is 18.5 Å². The highest BCUT2D eigenvalue weighted by Crippen LogP contribution is 2.23. The molecule has 0 saturated heterocycles. The Hall–Kier alpha value is -2.97. The smallest absolute Gasteiger partial charge is 0.269 e. The number of nitrogens with zero attached hydrogens (tertiary/aromatic N) is 2. The van der Waals surface area contributed by atoms with Crippen LogP contribution in [0.2, 0.25) is 0 Å². The summed E-state index contributed by atoms with van der Waals surface area (Å²) in [7, 11) is -3.89. The number of sulfonamides is 1. The minimum Gasteiger partial charge on any atom is -0.379 e. The molecule has 1 amide bonds. The molecule has 0 bridgehead atoms. The van der Waals surface area contributed by atoms with E-state index in [2.05, 4.69) is 20.5 Å². The first kappa shape index (κ1) is 23.3. The van der Waals surface area contributed by atoms with Gasteiger partial charge in [-0.25, -0.2) is 13.1 Å². The molecule has 0 aliphatic heterocycles. The van der Waals surface area contributed by atoms with Crippen molar-refractivity contribution in [1.29, 1.82) is 5.26 Å². The van der Waals surface area contributed by atoms with Crippen LogP contribution in [0.15, 0.2) is 44.3 Å². The summed E-state index contributed by atoms with van der Waals surface area (Å²) < 4.78 is 32.4. The minimum atomic E-state index is -3.89. The van der Waals surface area contributed by atoms with Crippen LogP contribution < -0.4 is 15.4 Å². The number of amides is 1. The van der Waals surface area contributed by atoms with Crippen LogP contribution in [0.1, 0.15) is 25.1 Å². The minimum absolute atomic E-state index is 0.0140. The van der Waals surface area contributed by atoms with Crippen molar-refractivity contribution in [3.8, 4) is 6.07 Å². The summed E-state index contributed by atoms with van der Waals surface area (Å²) in [6.07, 6.45) is 0. The largest absolute Gasteiger partial charge is 0.379 e. The maximum absolute atomic E-state index is 12.5. The lowest BCUT2D eigenvalue weighted by atomic mass is 10.2. The molecule has 0 unspecified atom stereocenters. The molecule has 0 spiro atoms. The number of hydrogen-bond acceptors (Lipinski definition) is 8. The van der Waals surface area contributed by atoms with Crippen LogP contribution in [-0.2, 0) is 14.8 Å². The SMILES string of the molecule is CCN/C(SCC)=C(/C#N)C(=O)Nc1ccc(S(=O)(=O)Nc2onc(C)c2C)cc1. The summed E-state index contributed by atoms with van der Waals surface area (Å²) in [6, 6.07) is 7.50. The molecule has 0 radical (unpaired) electrons. The number of carbonyl (C=O) groups excluding carboxylic acids is 1. The zero-order chi connectivity index (χ0) is 22.3. The van der Waals surface area contributed by atoms with Crippen molar-refractivity contribution in [3.05, 3.63) is 46.1 Å². The predicted molar refractivity (Wildman–Crippen MR) is 116 cm³/mol. The third-order valence-electron chi connectivity index (χ3n) is 4.00. The zero-order valence-electron chi connectivity index (χ0n) is 17.1. The number of nitriles is 1. The number of carbonyl (C=O) groups is 1. The molecule has 0 aliphatic carbocycles. The molecule has 1 heterocycles. The standard InChI is InChI=1S/C19H23N5O4S2/c1-5-21-19(29-6-2)16(11-20)17(25)22-14-7-9-15(10-8-14)30(26,27)24-18-12(3)13(4)23-28-18/h7-10,21,24H,5-6H2,1-4H3,(H,22,25)/b19-16+. The molecule has 3 N–H and O–H groups in total. The summed E-state index contributed by atoms with van der Waals surface area (Å²) in [5.41, 5.74) is 1.51. The molecule has 11 heteroatoms. The van der Waals surface area contributed by atoms with Crippen molar-refractivity contribution in [1.82, 2.24) is 10.5 Å². The van der Waals surface area contributed by atoms with Crippen LogP contribution in [0.3, 0.4) is 0 Å². The van der Waals surface area contributed by atoms with Crippen LogP contribution in [0.4, 0.5) is 11.6 Å².